The van der Waals surface area contributed by atoms with Gasteiger partial charge in [-0.05, 0) is 31.5 Å². The molecule has 90 valence electrons. The summed E-state index contributed by atoms with van der Waals surface area (Å²) in [4.78, 5) is 0. The molecule has 2 N–H and O–H groups in total. The van der Waals surface area contributed by atoms with Gasteiger partial charge in [-0.25, -0.2) is 0 Å². The van der Waals surface area contributed by atoms with Crippen LogP contribution in [0.4, 0.5) is 0 Å². The van der Waals surface area contributed by atoms with Gasteiger partial charge in [0.1, 0.15) is 12.3 Å². The topological polar surface area (TPSA) is 29.8 Å². The predicted octanol–water partition coefficient (Wildman–Crippen LogP) is 2.28. The molecule has 2 nitrogen and oxygen atoms in total. The van der Waals surface area contributed by atoms with Gasteiger partial charge in [-0.2, -0.15) is 0 Å². The first-order valence-electron chi connectivity index (χ1n) is 6.16. The molecule has 0 radical (unpaired) electrons. The van der Waals surface area contributed by atoms with Crippen LogP contribution in [0.2, 0.25) is 0 Å². The predicted molar refractivity (Wildman–Crippen MR) is 68.7 cm³/mol. The Morgan fingerprint density at radius 3 is 2.53 bits per heavy atom. The molecule has 2 heteroatoms. The lowest BCUT2D eigenvalue weighted by molar-refractivity contribution is -0.702. The fourth-order valence-corrected chi connectivity index (χ4v) is 1.98. The number of rotatable bonds is 5. The molecule has 0 saturated heterocycles. The van der Waals surface area contributed by atoms with Gasteiger partial charge in [0.15, 0.2) is 5.76 Å². The summed E-state index contributed by atoms with van der Waals surface area (Å²) in [5.74, 6) is 2.05. The lowest BCUT2D eigenvalue weighted by atomic mass is 10.1. The molecular formula is C15H20NO+. The lowest BCUT2D eigenvalue weighted by Gasteiger charge is -2.09. The molecule has 0 bridgehead atoms. The summed E-state index contributed by atoms with van der Waals surface area (Å²) in [5.41, 5.74) is 1.40. The molecule has 0 aliphatic carbocycles. The van der Waals surface area contributed by atoms with Gasteiger partial charge in [0.05, 0.1) is 6.04 Å². The molecular weight excluding hydrogens is 210 g/mol. The molecule has 1 aromatic carbocycles. The monoisotopic (exact) mass is 230 g/mol. The van der Waals surface area contributed by atoms with E-state index in [2.05, 4.69) is 48.6 Å². The first-order chi connectivity index (χ1) is 8.24. The van der Waals surface area contributed by atoms with Crippen LogP contribution in [0.1, 0.15) is 24.0 Å². The van der Waals surface area contributed by atoms with Crippen LogP contribution in [-0.4, -0.2) is 6.04 Å². The van der Waals surface area contributed by atoms with E-state index < -0.39 is 0 Å². The van der Waals surface area contributed by atoms with Crippen molar-refractivity contribution in [2.75, 3.05) is 0 Å². The minimum Gasteiger partial charge on any atom is -0.460 e. The summed E-state index contributed by atoms with van der Waals surface area (Å²) in [7, 11) is 0. The molecule has 0 unspecified atom stereocenters. The molecule has 1 aromatic heterocycles. The van der Waals surface area contributed by atoms with Gasteiger partial charge < -0.3 is 9.73 Å². The van der Waals surface area contributed by atoms with E-state index in [4.69, 9.17) is 4.42 Å². The van der Waals surface area contributed by atoms with Crippen LogP contribution in [0.25, 0.3) is 0 Å². The van der Waals surface area contributed by atoms with Gasteiger partial charge in [0.25, 0.3) is 0 Å². The molecule has 0 amide bonds. The first-order valence-corrected chi connectivity index (χ1v) is 6.16. The van der Waals surface area contributed by atoms with E-state index in [0.29, 0.717) is 6.04 Å². The number of furan rings is 1. The SMILES string of the molecule is Cc1ccc(C[NH2+][C@@H](C)Cc2ccccc2)o1. The van der Waals surface area contributed by atoms with Crippen molar-refractivity contribution in [3.8, 4) is 0 Å². The molecule has 1 heterocycles. The molecule has 0 aliphatic rings. The van der Waals surface area contributed by atoms with Gasteiger partial charge in [-0.15, -0.1) is 0 Å². The van der Waals surface area contributed by atoms with Crippen molar-refractivity contribution in [1.82, 2.24) is 0 Å². The minimum absolute atomic E-state index is 0.572. The Hall–Kier alpha value is -1.54. The third kappa shape index (κ3) is 3.75. The van der Waals surface area contributed by atoms with Crippen LogP contribution < -0.4 is 5.32 Å². The number of hydrogen-bond donors (Lipinski definition) is 1. The van der Waals surface area contributed by atoms with E-state index in [1.165, 1.54) is 5.56 Å². The van der Waals surface area contributed by atoms with Gasteiger partial charge in [0.2, 0.25) is 0 Å². The molecule has 17 heavy (non-hydrogen) atoms. The number of nitrogens with two attached hydrogens (primary N) is 1. The molecule has 0 saturated carbocycles. The maximum atomic E-state index is 5.55. The lowest BCUT2D eigenvalue weighted by Crippen LogP contribution is -2.88. The standard InChI is InChI=1S/C15H19NO/c1-12(10-14-6-4-3-5-7-14)16-11-15-9-8-13(2)17-15/h3-9,12,16H,10-11H2,1-2H3/p+1/t12-/m0/s1. The van der Waals surface area contributed by atoms with E-state index in [-0.39, 0.29) is 0 Å². The second-order valence-electron chi connectivity index (χ2n) is 4.62. The maximum absolute atomic E-state index is 5.55. The van der Waals surface area contributed by atoms with Gasteiger partial charge in [-0.1, -0.05) is 30.3 Å². The molecule has 0 aliphatic heterocycles. The largest absolute Gasteiger partial charge is 0.460 e. The Bertz CT molecular complexity index is 447. The summed E-state index contributed by atoms with van der Waals surface area (Å²) < 4.78 is 5.55. The fourth-order valence-electron chi connectivity index (χ4n) is 1.98. The first kappa shape index (κ1) is 11.9. The zero-order valence-electron chi connectivity index (χ0n) is 10.5. The Labute approximate surface area is 103 Å². The van der Waals surface area contributed by atoms with Gasteiger partial charge >= 0.3 is 0 Å². The summed E-state index contributed by atoms with van der Waals surface area (Å²) in [6.07, 6.45) is 1.10. The highest BCUT2D eigenvalue weighted by Crippen LogP contribution is 2.04. The van der Waals surface area contributed by atoms with Crippen molar-refractivity contribution in [2.24, 2.45) is 0 Å². The number of hydrogen-bond acceptors (Lipinski definition) is 1. The highest BCUT2D eigenvalue weighted by Gasteiger charge is 2.08. The molecule has 0 fully saturated rings. The summed E-state index contributed by atoms with van der Waals surface area (Å²) in [5, 5.41) is 2.32. The van der Waals surface area contributed by atoms with Crippen molar-refractivity contribution in [3.63, 3.8) is 0 Å². The van der Waals surface area contributed by atoms with E-state index in [9.17, 15) is 0 Å². The molecule has 2 aromatic rings. The molecule has 1 atom stereocenters. The average Bonchev–Trinajstić information content (AvgIpc) is 2.74. The zero-order chi connectivity index (χ0) is 12.1. The second kappa shape index (κ2) is 5.69. The van der Waals surface area contributed by atoms with Crippen LogP contribution >= 0.6 is 0 Å². The maximum Gasteiger partial charge on any atom is 0.158 e. The van der Waals surface area contributed by atoms with Crippen molar-refractivity contribution >= 4 is 0 Å². The van der Waals surface area contributed by atoms with E-state index in [0.717, 1.165) is 24.5 Å². The van der Waals surface area contributed by atoms with Crippen LogP contribution in [-0.2, 0) is 13.0 Å². The van der Waals surface area contributed by atoms with Crippen molar-refractivity contribution in [1.29, 1.82) is 0 Å². The van der Waals surface area contributed by atoms with Gasteiger partial charge in [0, 0.05) is 6.42 Å². The van der Waals surface area contributed by atoms with Crippen LogP contribution in [0, 0.1) is 6.92 Å². The van der Waals surface area contributed by atoms with Crippen LogP contribution in [0.15, 0.2) is 46.9 Å². The highest BCUT2D eigenvalue weighted by molar-refractivity contribution is 5.15. The third-order valence-electron chi connectivity index (χ3n) is 2.92. The zero-order valence-corrected chi connectivity index (χ0v) is 10.5. The number of quaternary nitrogens is 1. The van der Waals surface area contributed by atoms with Crippen molar-refractivity contribution in [2.45, 2.75) is 32.9 Å². The summed E-state index contributed by atoms with van der Waals surface area (Å²) in [6.45, 7) is 5.15. The summed E-state index contributed by atoms with van der Waals surface area (Å²) in [6, 6.07) is 15.3. The molecule has 2 rings (SSSR count). The smallest absolute Gasteiger partial charge is 0.158 e. The molecule has 0 spiro atoms. The van der Waals surface area contributed by atoms with E-state index in [1.54, 1.807) is 0 Å². The summed E-state index contributed by atoms with van der Waals surface area (Å²) >= 11 is 0. The fraction of sp³-hybridized carbons (Fsp3) is 0.333. The third-order valence-corrected chi connectivity index (χ3v) is 2.92. The normalized spacial score (nSPS) is 12.6. The Morgan fingerprint density at radius 1 is 1.12 bits per heavy atom. The Kier molecular flexibility index (Phi) is 3.99. The Morgan fingerprint density at radius 2 is 1.88 bits per heavy atom. The highest BCUT2D eigenvalue weighted by atomic mass is 16.3. The van der Waals surface area contributed by atoms with Crippen molar-refractivity contribution < 1.29 is 9.73 Å². The number of benzene rings is 1. The van der Waals surface area contributed by atoms with E-state index in [1.807, 2.05) is 13.0 Å². The minimum atomic E-state index is 0.572. The number of aryl methyl sites for hydroxylation is 1. The Balaban J connectivity index is 1.80. The quantitative estimate of drug-likeness (QED) is 0.839. The second-order valence-corrected chi connectivity index (χ2v) is 4.62. The van der Waals surface area contributed by atoms with Crippen LogP contribution in [0.3, 0.4) is 0 Å². The van der Waals surface area contributed by atoms with Crippen LogP contribution in [0.5, 0.6) is 0 Å². The van der Waals surface area contributed by atoms with E-state index >= 15 is 0 Å². The average molecular weight is 230 g/mol. The van der Waals surface area contributed by atoms with Gasteiger partial charge in [-0.3, -0.25) is 0 Å². The van der Waals surface area contributed by atoms with Crippen molar-refractivity contribution in [3.05, 3.63) is 59.5 Å².